The Morgan fingerprint density at radius 2 is 1.69 bits per heavy atom. The molecule has 1 unspecified atom stereocenters. The topological polar surface area (TPSA) is 56.7 Å². The lowest BCUT2D eigenvalue weighted by Crippen LogP contribution is -2.39. The van der Waals surface area contributed by atoms with E-state index < -0.39 is 6.10 Å². The molecule has 2 aromatic carbocycles. The number of thioether (sulfide) groups is 1. The van der Waals surface area contributed by atoms with Gasteiger partial charge in [0.2, 0.25) is 0 Å². The normalized spacial score (nSPS) is 12.2. The average molecular weight is 485 g/mol. The second-order valence-electron chi connectivity index (χ2n) is 5.65. The molecule has 142 valence electrons. The highest BCUT2D eigenvalue weighted by molar-refractivity contribution is 14.0. The summed E-state index contributed by atoms with van der Waals surface area (Å²) in [5.74, 6) is 1.71. The van der Waals surface area contributed by atoms with E-state index in [4.69, 9.17) is 0 Å². The molecule has 26 heavy (non-hydrogen) atoms. The van der Waals surface area contributed by atoms with Crippen molar-refractivity contribution in [3.05, 3.63) is 66.2 Å². The second-order valence-corrected chi connectivity index (χ2v) is 6.82. The van der Waals surface area contributed by atoms with Crippen LogP contribution in [-0.2, 0) is 6.42 Å². The maximum absolute atomic E-state index is 10.2. The van der Waals surface area contributed by atoms with Gasteiger partial charge in [-0.05, 0) is 24.6 Å². The van der Waals surface area contributed by atoms with E-state index in [1.807, 2.05) is 55.1 Å². The summed E-state index contributed by atoms with van der Waals surface area (Å²) in [4.78, 5) is 5.76. The minimum Gasteiger partial charge on any atom is -0.391 e. The third kappa shape index (κ3) is 9.45. The van der Waals surface area contributed by atoms with E-state index in [2.05, 4.69) is 39.9 Å². The molecule has 0 fully saturated rings. The highest BCUT2D eigenvalue weighted by Crippen LogP contribution is 2.15. The zero-order valence-corrected chi connectivity index (χ0v) is 18.2. The average Bonchev–Trinajstić information content (AvgIpc) is 2.65. The van der Waals surface area contributed by atoms with Crippen LogP contribution in [-0.4, -0.2) is 42.6 Å². The monoisotopic (exact) mass is 485 g/mol. The Labute approximate surface area is 177 Å². The predicted molar refractivity (Wildman–Crippen MR) is 123 cm³/mol. The number of benzene rings is 2. The molecular weight excluding hydrogens is 457 g/mol. The first-order valence-electron chi connectivity index (χ1n) is 8.70. The van der Waals surface area contributed by atoms with E-state index in [0.29, 0.717) is 13.0 Å². The Morgan fingerprint density at radius 1 is 1.04 bits per heavy atom. The van der Waals surface area contributed by atoms with Crippen LogP contribution in [0.5, 0.6) is 0 Å². The van der Waals surface area contributed by atoms with Gasteiger partial charge in [-0.3, -0.25) is 4.99 Å². The number of nitrogens with one attached hydrogen (secondary N) is 2. The summed E-state index contributed by atoms with van der Waals surface area (Å²) in [6.07, 6.45) is 0.143. The van der Waals surface area contributed by atoms with Crippen molar-refractivity contribution in [1.29, 1.82) is 0 Å². The van der Waals surface area contributed by atoms with E-state index in [9.17, 15) is 5.11 Å². The van der Waals surface area contributed by atoms with Crippen LogP contribution in [0.1, 0.15) is 12.5 Å². The van der Waals surface area contributed by atoms with Crippen LogP contribution in [0, 0.1) is 0 Å². The molecule has 0 radical (unpaired) electrons. The number of hydrogen-bond donors (Lipinski definition) is 3. The van der Waals surface area contributed by atoms with Crippen molar-refractivity contribution >= 4 is 41.7 Å². The Balaban J connectivity index is 0.00000338. The van der Waals surface area contributed by atoms with Gasteiger partial charge in [0.15, 0.2) is 5.96 Å². The minimum atomic E-state index is -0.475. The molecule has 2 aromatic rings. The van der Waals surface area contributed by atoms with Crippen LogP contribution >= 0.6 is 35.7 Å². The summed E-state index contributed by atoms with van der Waals surface area (Å²) in [6, 6.07) is 20.4. The van der Waals surface area contributed by atoms with Crippen molar-refractivity contribution in [2.45, 2.75) is 24.3 Å². The fourth-order valence-corrected chi connectivity index (χ4v) is 3.13. The summed E-state index contributed by atoms with van der Waals surface area (Å²) in [5.41, 5.74) is 1.13. The first-order valence-corrected chi connectivity index (χ1v) is 9.68. The predicted octanol–water partition coefficient (Wildman–Crippen LogP) is 3.56. The van der Waals surface area contributed by atoms with E-state index >= 15 is 0 Å². The van der Waals surface area contributed by atoms with Gasteiger partial charge < -0.3 is 15.7 Å². The van der Waals surface area contributed by atoms with Gasteiger partial charge in [-0.2, -0.15) is 0 Å². The van der Waals surface area contributed by atoms with Crippen molar-refractivity contribution in [3.8, 4) is 0 Å². The number of guanidine groups is 1. The van der Waals surface area contributed by atoms with Crippen LogP contribution in [0.3, 0.4) is 0 Å². The van der Waals surface area contributed by atoms with Gasteiger partial charge in [0.1, 0.15) is 0 Å². The number of aliphatic hydroxyl groups excluding tert-OH is 1. The summed E-state index contributed by atoms with van der Waals surface area (Å²) >= 11 is 1.81. The maximum Gasteiger partial charge on any atom is 0.191 e. The van der Waals surface area contributed by atoms with Gasteiger partial charge in [0, 0.05) is 30.2 Å². The van der Waals surface area contributed by atoms with E-state index in [0.717, 1.165) is 30.4 Å². The van der Waals surface area contributed by atoms with Gasteiger partial charge in [0.25, 0.3) is 0 Å². The third-order valence-electron chi connectivity index (χ3n) is 3.52. The van der Waals surface area contributed by atoms with Crippen LogP contribution in [0.25, 0.3) is 0 Å². The molecule has 0 spiro atoms. The molecule has 6 heteroatoms. The zero-order valence-electron chi connectivity index (χ0n) is 15.1. The lowest BCUT2D eigenvalue weighted by Gasteiger charge is -2.13. The minimum absolute atomic E-state index is 0. The molecule has 3 N–H and O–H groups in total. The molecule has 0 aliphatic carbocycles. The fraction of sp³-hybridized carbons (Fsp3) is 0.350. The number of rotatable bonds is 9. The maximum atomic E-state index is 10.2. The van der Waals surface area contributed by atoms with E-state index in [1.165, 1.54) is 4.90 Å². The summed E-state index contributed by atoms with van der Waals surface area (Å²) in [6.45, 7) is 4.04. The molecular formula is C20H28IN3OS. The third-order valence-corrected chi connectivity index (χ3v) is 4.54. The molecule has 0 aliphatic heterocycles. The summed E-state index contributed by atoms with van der Waals surface area (Å²) in [7, 11) is 0. The SMILES string of the molecule is CCNC(=NCC(O)Cc1ccccc1)NCCSc1ccccc1.I. The summed E-state index contributed by atoms with van der Waals surface area (Å²) < 4.78 is 0. The Morgan fingerprint density at radius 3 is 2.35 bits per heavy atom. The number of hydrogen-bond acceptors (Lipinski definition) is 3. The molecule has 0 bridgehead atoms. The molecule has 0 aliphatic rings. The van der Waals surface area contributed by atoms with Crippen LogP contribution in [0.4, 0.5) is 0 Å². The molecule has 2 rings (SSSR count). The lowest BCUT2D eigenvalue weighted by atomic mass is 10.1. The molecule has 0 heterocycles. The standard InChI is InChI=1S/C20H27N3OS.HI/c1-2-21-20(22-13-14-25-19-11-7-4-8-12-19)23-16-18(24)15-17-9-5-3-6-10-17;/h3-12,18,24H,2,13-16H2,1H3,(H2,21,22,23);1H. The Kier molecular flexibility index (Phi) is 12.2. The molecule has 0 aromatic heterocycles. The second kappa shape index (κ2) is 13.9. The van der Waals surface area contributed by atoms with Gasteiger partial charge >= 0.3 is 0 Å². The van der Waals surface area contributed by atoms with Gasteiger partial charge in [-0.1, -0.05) is 48.5 Å². The lowest BCUT2D eigenvalue weighted by molar-refractivity contribution is 0.183. The van der Waals surface area contributed by atoms with Crippen molar-refractivity contribution < 1.29 is 5.11 Å². The molecule has 0 saturated carbocycles. The number of aliphatic imine (C=N–C) groups is 1. The van der Waals surface area contributed by atoms with Crippen molar-refractivity contribution in [1.82, 2.24) is 10.6 Å². The quantitative estimate of drug-likeness (QED) is 0.167. The van der Waals surface area contributed by atoms with Crippen molar-refractivity contribution in [2.24, 2.45) is 4.99 Å². The molecule has 0 amide bonds. The Hall–Kier alpha value is -1.25. The number of aliphatic hydroxyl groups is 1. The highest BCUT2D eigenvalue weighted by Gasteiger charge is 2.05. The van der Waals surface area contributed by atoms with Crippen molar-refractivity contribution in [2.75, 3.05) is 25.4 Å². The smallest absolute Gasteiger partial charge is 0.191 e. The molecule has 0 saturated heterocycles. The first kappa shape index (κ1) is 22.8. The van der Waals surface area contributed by atoms with E-state index in [-0.39, 0.29) is 24.0 Å². The largest absolute Gasteiger partial charge is 0.391 e. The van der Waals surface area contributed by atoms with Crippen molar-refractivity contribution in [3.63, 3.8) is 0 Å². The highest BCUT2D eigenvalue weighted by atomic mass is 127. The van der Waals surface area contributed by atoms with Gasteiger partial charge in [0.05, 0.1) is 12.6 Å². The summed E-state index contributed by atoms with van der Waals surface area (Å²) in [5, 5.41) is 16.7. The fourth-order valence-electron chi connectivity index (χ4n) is 2.34. The molecule has 1 atom stereocenters. The Bertz CT molecular complexity index is 625. The van der Waals surface area contributed by atoms with Gasteiger partial charge in [-0.15, -0.1) is 35.7 Å². The van der Waals surface area contributed by atoms with E-state index in [1.54, 1.807) is 0 Å². The molecule has 4 nitrogen and oxygen atoms in total. The van der Waals surface area contributed by atoms with Gasteiger partial charge in [-0.25, -0.2) is 0 Å². The van der Waals surface area contributed by atoms with Crippen LogP contribution < -0.4 is 10.6 Å². The first-order chi connectivity index (χ1) is 12.3. The number of halogens is 1. The van der Waals surface area contributed by atoms with Crippen LogP contribution in [0.2, 0.25) is 0 Å². The number of nitrogens with zero attached hydrogens (tertiary/aromatic N) is 1. The van der Waals surface area contributed by atoms with Crippen LogP contribution in [0.15, 0.2) is 70.6 Å². The zero-order chi connectivity index (χ0) is 17.7.